The van der Waals surface area contributed by atoms with Gasteiger partial charge in [-0.25, -0.2) is 0 Å². The first kappa shape index (κ1) is 21.1. The number of aryl methyl sites for hydroxylation is 1. The van der Waals surface area contributed by atoms with Gasteiger partial charge in [0.25, 0.3) is 5.91 Å². The van der Waals surface area contributed by atoms with E-state index >= 15 is 0 Å². The van der Waals surface area contributed by atoms with Crippen molar-refractivity contribution in [1.82, 2.24) is 20.3 Å². The quantitative estimate of drug-likeness (QED) is 0.332. The monoisotopic (exact) mass is 471 g/mol. The fraction of sp³-hybridized carbons (Fsp3) is 0.0400. The minimum atomic E-state index is -0.337. The Kier molecular flexibility index (Phi) is 5.50. The number of nitrogens with zero attached hydrogens (tertiary/aromatic N) is 3. The summed E-state index contributed by atoms with van der Waals surface area (Å²) in [6.45, 7) is 1.94. The Morgan fingerprint density at radius 2 is 1.67 bits per heavy atom. The zero-order valence-electron chi connectivity index (χ0n) is 17.5. The van der Waals surface area contributed by atoms with E-state index in [1.54, 1.807) is 29.1 Å². The molecule has 6 nitrogen and oxygen atoms in total. The number of rotatable bonds is 3. The molecule has 4 aromatic carbocycles. The number of carbonyl (C=O) groups excluding carboxylic acids is 1. The van der Waals surface area contributed by atoms with Crippen LogP contribution in [0.5, 0.6) is 0 Å². The summed E-state index contributed by atoms with van der Waals surface area (Å²) in [5, 5.41) is 18.0. The summed E-state index contributed by atoms with van der Waals surface area (Å²) in [5.74, 6) is -0.337. The Hall–Kier alpha value is -3.81. The SMILES string of the molecule is Cc1cc2nn(-c3cccc4ccccc34)nc2cc1NC(=S)NC(=O)c1cccc(Cl)c1. The second kappa shape index (κ2) is 8.61. The third kappa shape index (κ3) is 4.28. The van der Waals surface area contributed by atoms with Gasteiger partial charge in [0.1, 0.15) is 11.0 Å². The van der Waals surface area contributed by atoms with Gasteiger partial charge in [-0.15, -0.1) is 15.0 Å². The van der Waals surface area contributed by atoms with Crippen LogP contribution in [0.15, 0.2) is 78.9 Å². The van der Waals surface area contributed by atoms with Crippen molar-refractivity contribution in [3.05, 3.63) is 95.0 Å². The second-order valence-electron chi connectivity index (χ2n) is 7.56. The number of aromatic nitrogens is 3. The molecule has 0 aliphatic rings. The highest BCUT2D eigenvalue weighted by Crippen LogP contribution is 2.25. The van der Waals surface area contributed by atoms with Gasteiger partial charge in [-0.1, -0.05) is 54.1 Å². The van der Waals surface area contributed by atoms with Gasteiger partial charge in [0.05, 0.1) is 5.69 Å². The highest BCUT2D eigenvalue weighted by molar-refractivity contribution is 7.80. The Labute approximate surface area is 200 Å². The first-order chi connectivity index (χ1) is 16.0. The lowest BCUT2D eigenvalue weighted by Gasteiger charge is -2.11. The lowest BCUT2D eigenvalue weighted by Crippen LogP contribution is -2.34. The van der Waals surface area contributed by atoms with Gasteiger partial charge in [-0.2, -0.15) is 0 Å². The maximum Gasteiger partial charge on any atom is 0.257 e. The van der Waals surface area contributed by atoms with E-state index in [0.717, 1.165) is 33.2 Å². The minimum Gasteiger partial charge on any atom is -0.332 e. The second-order valence-corrected chi connectivity index (χ2v) is 8.41. The highest BCUT2D eigenvalue weighted by Gasteiger charge is 2.13. The first-order valence-electron chi connectivity index (χ1n) is 10.2. The molecule has 5 rings (SSSR count). The van der Waals surface area contributed by atoms with Crippen molar-refractivity contribution in [2.45, 2.75) is 6.92 Å². The summed E-state index contributed by atoms with van der Waals surface area (Å²) in [4.78, 5) is 14.1. The summed E-state index contributed by atoms with van der Waals surface area (Å²) in [6, 6.07) is 24.7. The molecule has 0 saturated carbocycles. The first-order valence-corrected chi connectivity index (χ1v) is 11.0. The van der Waals surface area contributed by atoms with E-state index in [0.29, 0.717) is 16.1 Å². The van der Waals surface area contributed by atoms with Crippen molar-refractivity contribution in [3.8, 4) is 5.69 Å². The molecule has 8 heteroatoms. The molecule has 0 aliphatic carbocycles. The van der Waals surface area contributed by atoms with Crippen LogP contribution in [0.1, 0.15) is 15.9 Å². The zero-order chi connectivity index (χ0) is 22.9. The van der Waals surface area contributed by atoms with E-state index in [1.165, 1.54) is 0 Å². The van der Waals surface area contributed by atoms with Gasteiger partial charge >= 0.3 is 0 Å². The molecule has 0 bridgehead atoms. The summed E-state index contributed by atoms with van der Waals surface area (Å²) >= 11 is 11.3. The maximum atomic E-state index is 12.4. The molecule has 1 aromatic heterocycles. The highest BCUT2D eigenvalue weighted by atomic mass is 35.5. The molecule has 1 heterocycles. The number of nitrogens with one attached hydrogen (secondary N) is 2. The van der Waals surface area contributed by atoms with Crippen LogP contribution < -0.4 is 10.6 Å². The fourth-order valence-electron chi connectivity index (χ4n) is 3.65. The van der Waals surface area contributed by atoms with E-state index in [1.807, 2.05) is 43.3 Å². The third-order valence-corrected chi connectivity index (χ3v) is 5.71. The summed E-state index contributed by atoms with van der Waals surface area (Å²) in [7, 11) is 0. The van der Waals surface area contributed by atoms with Crippen LogP contribution in [0.25, 0.3) is 27.5 Å². The Balaban J connectivity index is 1.41. The van der Waals surface area contributed by atoms with E-state index in [9.17, 15) is 4.79 Å². The van der Waals surface area contributed by atoms with Crippen molar-refractivity contribution >= 4 is 62.3 Å². The van der Waals surface area contributed by atoms with Crippen LogP contribution in [0.3, 0.4) is 0 Å². The van der Waals surface area contributed by atoms with Crippen molar-refractivity contribution < 1.29 is 4.79 Å². The number of halogens is 1. The Bertz CT molecular complexity index is 1540. The molecule has 1 amide bonds. The van der Waals surface area contributed by atoms with Crippen molar-refractivity contribution in [3.63, 3.8) is 0 Å². The largest absolute Gasteiger partial charge is 0.332 e. The molecule has 0 atom stereocenters. The molecule has 0 aliphatic heterocycles. The fourth-order valence-corrected chi connectivity index (χ4v) is 4.04. The number of hydrogen-bond acceptors (Lipinski definition) is 4. The molecule has 0 radical (unpaired) electrons. The van der Waals surface area contributed by atoms with E-state index in [4.69, 9.17) is 23.8 Å². The number of anilines is 1. The zero-order valence-corrected chi connectivity index (χ0v) is 19.1. The van der Waals surface area contributed by atoms with Gasteiger partial charge in [-0.05, 0) is 66.5 Å². The van der Waals surface area contributed by atoms with Crippen molar-refractivity contribution in [2.24, 2.45) is 0 Å². The molecule has 2 N–H and O–H groups in total. The minimum absolute atomic E-state index is 0.184. The number of amides is 1. The molecular formula is C25H18ClN5OS. The van der Waals surface area contributed by atoms with Gasteiger partial charge < -0.3 is 5.32 Å². The van der Waals surface area contributed by atoms with Gasteiger partial charge in [0.15, 0.2) is 5.11 Å². The lowest BCUT2D eigenvalue weighted by atomic mass is 10.1. The maximum absolute atomic E-state index is 12.4. The molecule has 5 aromatic rings. The summed E-state index contributed by atoms with van der Waals surface area (Å²) < 4.78 is 0. The molecular weight excluding hydrogens is 454 g/mol. The number of hydrogen-bond donors (Lipinski definition) is 2. The van der Waals surface area contributed by atoms with Crippen LogP contribution in [-0.2, 0) is 0 Å². The smallest absolute Gasteiger partial charge is 0.257 e. The third-order valence-electron chi connectivity index (χ3n) is 5.27. The molecule has 0 fully saturated rings. The van der Waals surface area contributed by atoms with Crippen LogP contribution >= 0.6 is 23.8 Å². The normalized spacial score (nSPS) is 11.0. The number of benzene rings is 4. The Morgan fingerprint density at radius 1 is 0.939 bits per heavy atom. The number of fused-ring (bicyclic) bond motifs is 2. The van der Waals surface area contributed by atoms with Crippen molar-refractivity contribution in [1.29, 1.82) is 0 Å². The topological polar surface area (TPSA) is 71.8 Å². The van der Waals surface area contributed by atoms with E-state index in [2.05, 4.69) is 39.0 Å². The number of thiocarbonyl (C=S) groups is 1. The average Bonchev–Trinajstić information content (AvgIpc) is 3.21. The van der Waals surface area contributed by atoms with E-state index < -0.39 is 0 Å². The van der Waals surface area contributed by atoms with Crippen LogP contribution in [-0.4, -0.2) is 26.0 Å². The average molecular weight is 472 g/mol. The van der Waals surface area contributed by atoms with Gasteiger partial charge in [0.2, 0.25) is 0 Å². The summed E-state index contributed by atoms with van der Waals surface area (Å²) in [5.41, 5.74) is 4.47. The standard InChI is InChI=1S/C25H18ClN5OS/c1-15-12-21-22(30-31(29-21)23-11-5-7-16-6-2-3-10-19(16)23)14-20(15)27-25(33)28-24(32)17-8-4-9-18(26)13-17/h2-14H,1H3,(H2,27,28,32,33). The van der Waals surface area contributed by atoms with E-state index in [-0.39, 0.29) is 11.0 Å². The van der Waals surface area contributed by atoms with Crippen molar-refractivity contribution in [2.75, 3.05) is 5.32 Å². The molecule has 162 valence electrons. The lowest BCUT2D eigenvalue weighted by molar-refractivity contribution is 0.0977. The van der Waals surface area contributed by atoms with Crippen LogP contribution in [0, 0.1) is 6.92 Å². The predicted molar refractivity (Wildman–Crippen MR) is 136 cm³/mol. The Morgan fingerprint density at radius 3 is 2.48 bits per heavy atom. The van der Waals surface area contributed by atoms with Crippen LogP contribution in [0.2, 0.25) is 5.02 Å². The number of carbonyl (C=O) groups is 1. The molecule has 0 spiro atoms. The molecule has 33 heavy (non-hydrogen) atoms. The predicted octanol–water partition coefficient (Wildman–Crippen LogP) is 5.66. The molecule has 0 unspecified atom stereocenters. The summed E-state index contributed by atoms with van der Waals surface area (Å²) in [6.07, 6.45) is 0. The van der Waals surface area contributed by atoms with Gasteiger partial charge in [0, 0.05) is 21.7 Å². The van der Waals surface area contributed by atoms with Crippen LogP contribution in [0.4, 0.5) is 5.69 Å². The van der Waals surface area contributed by atoms with Gasteiger partial charge in [-0.3, -0.25) is 10.1 Å². The molecule has 0 saturated heterocycles.